The summed E-state index contributed by atoms with van der Waals surface area (Å²) in [5.41, 5.74) is 6.87. The van der Waals surface area contributed by atoms with E-state index < -0.39 is 0 Å². The maximum Gasteiger partial charge on any atom is 0.147 e. The molecule has 3 heteroatoms. The van der Waals surface area contributed by atoms with Gasteiger partial charge in [0.05, 0.1) is 5.69 Å². The zero-order chi connectivity index (χ0) is 19.5. The number of nitrogens with zero attached hydrogens (tertiary/aromatic N) is 1. The third kappa shape index (κ3) is 4.25. The van der Waals surface area contributed by atoms with Gasteiger partial charge in [-0.05, 0) is 67.1 Å². The highest BCUT2D eigenvalue weighted by Crippen LogP contribution is 2.43. The monoisotopic (exact) mass is 392 g/mol. The number of hydrogen-bond donors (Lipinski definition) is 1. The van der Waals surface area contributed by atoms with Crippen LogP contribution >= 0.6 is 0 Å². The molecule has 156 valence electrons. The van der Waals surface area contributed by atoms with Crippen LogP contribution in [0.4, 0.5) is 5.69 Å². The van der Waals surface area contributed by atoms with Crippen LogP contribution in [0.5, 0.6) is 0 Å². The highest BCUT2D eigenvalue weighted by molar-refractivity contribution is 5.53. The van der Waals surface area contributed by atoms with E-state index in [4.69, 9.17) is 4.52 Å². The van der Waals surface area contributed by atoms with Gasteiger partial charge in [0.2, 0.25) is 0 Å². The predicted molar refractivity (Wildman–Crippen MR) is 119 cm³/mol. The Kier molecular flexibility index (Phi) is 5.92. The van der Waals surface area contributed by atoms with Gasteiger partial charge in [0.1, 0.15) is 12.0 Å². The van der Waals surface area contributed by atoms with Crippen molar-refractivity contribution >= 4 is 5.69 Å². The Hall–Kier alpha value is -1.77. The zero-order valence-corrected chi connectivity index (χ0v) is 17.8. The number of nitrogens with one attached hydrogen (secondary N) is 1. The lowest BCUT2D eigenvalue weighted by molar-refractivity contribution is 0.373. The minimum absolute atomic E-state index is 0.392. The van der Waals surface area contributed by atoms with Crippen LogP contribution in [0.3, 0.4) is 0 Å². The summed E-state index contributed by atoms with van der Waals surface area (Å²) < 4.78 is 5.46. The summed E-state index contributed by atoms with van der Waals surface area (Å²) in [5, 5.41) is 8.18. The maximum absolute atomic E-state index is 5.46. The number of hydrogen-bond acceptors (Lipinski definition) is 3. The fourth-order valence-corrected chi connectivity index (χ4v) is 6.05. The SMILES string of the molecule is c1cc2c(cc1C1CCCCCC1)C(c1nocc1NCC1CCCCC1)CC2. The molecule has 29 heavy (non-hydrogen) atoms. The molecular formula is C26H36N2O. The first-order valence-electron chi connectivity index (χ1n) is 12.2. The van der Waals surface area contributed by atoms with Gasteiger partial charge in [-0.3, -0.25) is 0 Å². The molecule has 1 heterocycles. The number of fused-ring (bicyclic) bond motifs is 1. The van der Waals surface area contributed by atoms with Crippen LogP contribution in [-0.2, 0) is 6.42 Å². The third-order valence-corrected chi connectivity index (χ3v) is 7.81. The van der Waals surface area contributed by atoms with Gasteiger partial charge < -0.3 is 9.84 Å². The van der Waals surface area contributed by atoms with Crippen LogP contribution in [0, 0.1) is 5.92 Å². The van der Waals surface area contributed by atoms with Gasteiger partial charge in [-0.1, -0.05) is 68.3 Å². The topological polar surface area (TPSA) is 38.1 Å². The molecular weight excluding hydrogens is 356 g/mol. The summed E-state index contributed by atoms with van der Waals surface area (Å²) in [6.07, 6.45) is 19.4. The smallest absolute Gasteiger partial charge is 0.147 e. The van der Waals surface area contributed by atoms with Gasteiger partial charge >= 0.3 is 0 Å². The molecule has 2 fully saturated rings. The van der Waals surface area contributed by atoms with Crippen molar-refractivity contribution in [3.63, 3.8) is 0 Å². The molecule has 0 bridgehead atoms. The average Bonchev–Trinajstić information content (AvgIpc) is 3.30. The van der Waals surface area contributed by atoms with Gasteiger partial charge in [-0.15, -0.1) is 0 Å². The maximum atomic E-state index is 5.46. The van der Waals surface area contributed by atoms with Crippen molar-refractivity contribution in [1.29, 1.82) is 0 Å². The van der Waals surface area contributed by atoms with Crippen molar-refractivity contribution in [2.45, 2.75) is 95.3 Å². The van der Waals surface area contributed by atoms with Crippen molar-refractivity contribution in [1.82, 2.24) is 5.16 Å². The average molecular weight is 393 g/mol. The molecule has 1 atom stereocenters. The van der Waals surface area contributed by atoms with Gasteiger partial charge in [-0.2, -0.15) is 0 Å². The van der Waals surface area contributed by atoms with Crippen LogP contribution in [0.2, 0.25) is 0 Å². The quantitative estimate of drug-likeness (QED) is 0.547. The summed E-state index contributed by atoms with van der Waals surface area (Å²) in [6.45, 7) is 1.07. The second kappa shape index (κ2) is 8.93. The number of anilines is 1. The summed E-state index contributed by atoms with van der Waals surface area (Å²) in [6, 6.07) is 7.36. The van der Waals surface area contributed by atoms with Gasteiger partial charge in [0, 0.05) is 12.5 Å². The lowest BCUT2D eigenvalue weighted by Gasteiger charge is -2.22. The van der Waals surface area contributed by atoms with Crippen molar-refractivity contribution in [2.24, 2.45) is 5.92 Å². The summed E-state index contributed by atoms with van der Waals surface area (Å²) in [4.78, 5) is 0. The van der Waals surface area contributed by atoms with E-state index in [0.29, 0.717) is 5.92 Å². The molecule has 5 rings (SSSR count). The molecule has 2 saturated carbocycles. The fraction of sp³-hybridized carbons (Fsp3) is 0.654. The standard InChI is InChI=1S/C26H36N2O/c1-2-7-11-20(10-6-1)22-13-12-21-14-15-23(24(21)16-22)26-25(18-29-28-26)27-17-19-8-4-3-5-9-19/h12-13,16,18-20,23,27H,1-11,14-15,17H2. The Labute approximate surface area is 175 Å². The van der Waals surface area contributed by atoms with E-state index in [1.165, 1.54) is 88.2 Å². The van der Waals surface area contributed by atoms with E-state index in [-0.39, 0.29) is 0 Å². The Morgan fingerprint density at radius 2 is 1.66 bits per heavy atom. The molecule has 1 unspecified atom stereocenters. The van der Waals surface area contributed by atoms with Crippen LogP contribution in [0.1, 0.15) is 111 Å². The number of rotatable bonds is 5. The van der Waals surface area contributed by atoms with E-state index in [1.54, 1.807) is 5.56 Å². The molecule has 1 aromatic carbocycles. The molecule has 3 nitrogen and oxygen atoms in total. The second-order valence-corrected chi connectivity index (χ2v) is 9.74. The Morgan fingerprint density at radius 3 is 2.48 bits per heavy atom. The summed E-state index contributed by atoms with van der Waals surface area (Å²) >= 11 is 0. The molecule has 3 aliphatic rings. The minimum Gasteiger partial charge on any atom is -0.381 e. The summed E-state index contributed by atoms with van der Waals surface area (Å²) in [5.74, 6) is 1.96. The van der Waals surface area contributed by atoms with Gasteiger partial charge in [0.15, 0.2) is 0 Å². The first-order valence-corrected chi connectivity index (χ1v) is 12.2. The lowest BCUT2D eigenvalue weighted by Crippen LogP contribution is -2.17. The molecule has 0 amide bonds. The Bertz CT molecular complexity index is 797. The van der Waals surface area contributed by atoms with Crippen molar-refractivity contribution in [3.05, 3.63) is 46.8 Å². The molecule has 0 radical (unpaired) electrons. The first kappa shape index (κ1) is 19.2. The number of aryl methyl sites for hydroxylation is 1. The zero-order valence-electron chi connectivity index (χ0n) is 17.8. The molecule has 3 aliphatic carbocycles. The highest BCUT2D eigenvalue weighted by Gasteiger charge is 2.30. The van der Waals surface area contributed by atoms with Crippen LogP contribution < -0.4 is 5.32 Å². The van der Waals surface area contributed by atoms with E-state index in [1.807, 2.05) is 6.26 Å². The Balaban J connectivity index is 1.33. The normalized spacial score (nSPS) is 23.7. The van der Waals surface area contributed by atoms with E-state index in [9.17, 15) is 0 Å². The van der Waals surface area contributed by atoms with Crippen LogP contribution in [-0.4, -0.2) is 11.7 Å². The van der Waals surface area contributed by atoms with Gasteiger partial charge in [-0.25, -0.2) is 0 Å². The van der Waals surface area contributed by atoms with Crippen LogP contribution in [0.15, 0.2) is 29.0 Å². The molecule has 0 aliphatic heterocycles. The van der Waals surface area contributed by atoms with Crippen molar-refractivity contribution < 1.29 is 4.52 Å². The van der Waals surface area contributed by atoms with Crippen molar-refractivity contribution in [3.8, 4) is 0 Å². The molecule has 0 spiro atoms. The Morgan fingerprint density at radius 1 is 0.897 bits per heavy atom. The minimum atomic E-state index is 0.392. The van der Waals surface area contributed by atoms with Crippen molar-refractivity contribution in [2.75, 3.05) is 11.9 Å². The van der Waals surface area contributed by atoms with E-state index in [0.717, 1.165) is 36.2 Å². The van der Waals surface area contributed by atoms with Gasteiger partial charge in [0.25, 0.3) is 0 Å². The fourth-order valence-electron chi connectivity index (χ4n) is 6.05. The largest absolute Gasteiger partial charge is 0.381 e. The number of aromatic nitrogens is 1. The molecule has 1 N–H and O–H groups in total. The van der Waals surface area contributed by atoms with E-state index >= 15 is 0 Å². The molecule has 2 aromatic rings. The third-order valence-electron chi connectivity index (χ3n) is 7.81. The molecule has 1 aromatic heterocycles. The highest BCUT2D eigenvalue weighted by atomic mass is 16.5. The van der Waals surface area contributed by atoms with Crippen LogP contribution in [0.25, 0.3) is 0 Å². The number of benzene rings is 1. The first-order chi connectivity index (χ1) is 14.4. The summed E-state index contributed by atoms with van der Waals surface area (Å²) in [7, 11) is 0. The lowest BCUT2D eigenvalue weighted by atomic mass is 9.87. The predicted octanol–water partition coefficient (Wildman–Crippen LogP) is 7.18. The second-order valence-electron chi connectivity index (χ2n) is 9.74. The van der Waals surface area contributed by atoms with E-state index in [2.05, 4.69) is 28.7 Å². The molecule has 0 saturated heterocycles.